The second-order valence-corrected chi connectivity index (χ2v) is 35.1. The summed E-state index contributed by atoms with van der Waals surface area (Å²) in [6.45, 7) is 36.7. The average molecular weight is 1420 g/mol. The maximum absolute atomic E-state index is 6.38. The summed E-state index contributed by atoms with van der Waals surface area (Å²) >= 11 is 13.7. The number of para-hydroxylation sites is 2. The van der Waals surface area contributed by atoms with Crippen LogP contribution in [0.1, 0.15) is 176 Å². The lowest BCUT2D eigenvalue weighted by molar-refractivity contribution is 0.195. The van der Waals surface area contributed by atoms with E-state index in [9.17, 15) is 0 Å². The van der Waals surface area contributed by atoms with Crippen molar-refractivity contribution in [2.45, 2.75) is 195 Å². The van der Waals surface area contributed by atoms with Gasteiger partial charge >= 0.3 is 0 Å². The largest absolute Gasteiger partial charge is 0.398 e. The first-order valence-electron chi connectivity index (χ1n) is 35.5. The molecule has 8 heteroatoms. The molecule has 0 amide bonds. The van der Waals surface area contributed by atoms with Crippen LogP contribution < -0.4 is 20.4 Å². The molecule has 2 aliphatic carbocycles. The van der Waals surface area contributed by atoms with E-state index in [0.717, 1.165) is 10.7 Å². The quantitative estimate of drug-likeness (QED) is 0.174. The number of anilines is 8. The zero-order valence-corrected chi connectivity index (χ0v) is 64.6. The summed E-state index contributed by atoms with van der Waals surface area (Å²) in [5, 5.41) is 6.17. The van der Waals surface area contributed by atoms with Crippen LogP contribution in [0.25, 0.3) is 40.3 Å². The number of hydrogen-bond acceptors (Lipinski definition) is 6. The zero-order chi connectivity index (χ0) is 69.6. The summed E-state index contributed by atoms with van der Waals surface area (Å²) in [5.74, 6) is 0. The van der Waals surface area contributed by atoms with Gasteiger partial charge in [0.05, 0.1) is 22.5 Å². The SMILES string of the molecule is Brc1cccc2sc3ccccc3c12.Cc1cc(C(C)(C)C)cc(C)c1N.Cc1cc(Cl)cc(N2c3ccccc3C3(C)CCCCC23C)c1.Cc1cc(N(c2c(C)cc(C(C)(C)C)cc2C)c2cccc3sc4ccccc4c23)cc(N2c3ccccc3C3(C)CCCCC23C)c1. The minimum Gasteiger partial charge on any atom is -0.398 e. The lowest BCUT2D eigenvalue weighted by atomic mass is 9.61. The van der Waals surface area contributed by atoms with Gasteiger partial charge in [-0.15, -0.1) is 22.7 Å². The molecule has 2 saturated carbocycles. The molecule has 2 aliphatic heterocycles. The second kappa shape index (κ2) is 26.3. The Hall–Kier alpha value is -7.39. The predicted octanol–water partition coefficient (Wildman–Crippen LogP) is 27.9. The Bertz CT molecular complexity index is 4960. The molecule has 0 saturated heterocycles. The molecular formula is C90H98BrClN4S2. The number of hydrogen-bond donors (Lipinski definition) is 1. The number of rotatable bonds is 5. The minimum atomic E-state index is 0.00853. The van der Waals surface area contributed by atoms with Gasteiger partial charge in [-0.25, -0.2) is 0 Å². The Morgan fingerprint density at radius 1 is 0.449 bits per heavy atom. The van der Waals surface area contributed by atoms with Crippen molar-refractivity contribution in [1.29, 1.82) is 0 Å². The Morgan fingerprint density at radius 2 is 0.867 bits per heavy atom. The van der Waals surface area contributed by atoms with E-state index in [1.54, 1.807) is 0 Å². The van der Waals surface area contributed by atoms with Crippen LogP contribution in [-0.2, 0) is 21.7 Å². The third-order valence-electron chi connectivity index (χ3n) is 22.9. The van der Waals surface area contributed by atoms with Crippen LogP contribution in [-0.4, -0.2) is 11.1 Å². The highest BCUT2D eigenvalue weighted by Gasteiger charge is 2.59. The van der Waals surface area contributed by atoms with E-state index < -0.39 is 0 Å². The maximum atomic E-state index is 6.38. The fourth-order valence-electron chi connectivity index (χ4n) is 17.3. The van der Waals surface area contributed by atoms with Gasteiger partial charge in [0.25, 0.3) is 0 Å². The summed E-state index contributed by atoms with van der Waals surface area (Å²) in [5.41, 5.74) is 29.8. The molecule has 4 aliphatic rings. The highest BCUT2D eigenvalue weighted by Crippen LogP contribution is 2.63. The highest BCUT2D eigenvalue weighted by molar-refractivity contribution is 9.10. The summed E-state index contributed by atoms with van der Waals surface area (Å²) in [7, 11) is 0. The van der Waals surface area contributed by atoms with Crippen LogP contribution in [0.15, 0.2) is 199 Å². The molecule has 2 N–H and O–H groups in total. The summed E-state index contributed by atoms with van der Waals surface area (Å²) in [6, 6.07) is 71.8. The lowest BCUT2D eigenvalue weighted by Gasteiger charge is -2.50. The Labute approximate surface area is 606 Å². The molecule has 10 aromatic carbocycles. The van der Waals surface area contributed by atoms with Gasteiger partial charge in [-0.1, -0.05) is 218 Å². The topological polar surface area (TPSA) is 35.7 Å². The first-order chi connectivity index (χ1) is 46.5. The van der Waals surface area contributed by atoms with Gasteiger partial charge < -0.3 is 20.4 Å². The monoisotopic (exact) mass is 1410 g/mol. The second-order valence-electron chi connectivity index (χ2n) is 31.6. The van der Waals surface area contributed by atoms with Crippen molar-refractivity contribution in [3.8, 4) is 0 Å². The molecular weight excluding hydrogens is 1320 g/mol. The van der Waals surface area contributed by atoms with Crippen LogP contribution in [0.4, 0.5) is 45.5 Å². The number of halogens is 2. The molecule has 4 unspecified atom stereocenters. The van der Waals surface area contributed by atoms with Crippen molar-refractivity contribution in [3.63, 3.8) is 0 Å². The van der Waals surface area contributed by atoms with E-state index in [4.69, 9.17) is 17.3 Å². The Morgan fingerprint density at radius 3 is 1.38 bits per heavy atom. The number of nitrogen functional groups attached to an aromatic ring is 1. The molecule has 4 nitrogen and oxygen atoms in total. The minimum absolute atomic E-state index is 0.00853. The molecule has 4 heterocycles. The van der Waals surface area contributed by atoms with Crippen molar-refractivity contribution in [1.82, 2.24) is 0 Å². The number of nitrogens with two attached hydrogens (primary N) is 1. The molecule has 504 valence electrons. The van der Waals surface area contributed by atoms with Gasteiger partial charge in [-0.2, -0.15) is 0 Å². The van der Waals surface area contributed by atoms with Crippen LogP contribution in [0, 0.1) is 41.5 Å². The highest BCUT2D eigenvalue weighted by atomic mass is 79.9. The van der Waals surface area contributed by atoms with Crippen LogP contribution >= 0.6 is 50.2 Å². The number of fused-ring (bicyclic) bond motifs is 12. The van der Waals surface area contributed by atoms with E-state index in [1.165, 1.54) is 192 Å². The van der Waals surface area contributed by atoms with E-state index in [-0.39, 0.29) is 32.7 Å². The van der Waals surface area contributed by atoms with Gasteiger partial charge in [-0.3, -0.25) is 0 Å². The summed E-state index contributed by atoms with van der Waals surface area (Å²) in [6.07, 6.45) is 10.1. The molecule has 0 bridgehead atoms. The van der Waals surface area contributed by atoms with Gasteiger partial charge in [0, 0.05) is 94.8 Å². The fourth-order valence-corrected chi connectivity index (χ4v) is 20.5. The average Bonchev–Trinajstić information content (AvgIpc) is 1.54. The standard InChI is InChI=1S/C45H48N2S.C21H24ClN.C12H7BrS.C12H19N/c1-29-24-33(28-34(25-29)47-37-18-11-10-17-36(37)44(7)22-13-14-23-45(44,47)8)46(42-30(2)26-32(27-31(42)3)43(4,5)6)38-19-15-21-40-41(38)35-16-9-12-20-39(35)48-40;1-15-12-16(22)14-17(13-15)23-19-9-5-4-8-18(19)20(2)10-6-7-11-21(20,23)3;13-9-5-3-7-11-12(9)8-4-1-2-6-10(8)14-11;1-8-6-10(12(3,4)5)7-9(2)11(8)13/h9-12,15-21,24-28H,13-14,22-23H2,1-8H3;4-5,8-9,12-14H,6-7,10-11H2,1-3H3;1-7H;6-7H,13H2,1-5H3. The Kier molecular flexibility index (Phi) is 18.5. The van der Waals surface area contributed by atoms with Crippen molar-refractivity contribution >= 4 is 136 Å². The van der Waals surface area contributed by atoms with Crippen molar-refractivity contribution in [2.24, 2.45) is 0 Å². The summed E-state index contributed by atoms with van der Waals surface area (Å²) < 4.78 is 6.55. The number of nitrogens with zero attached hydrogens (tertiary/aromatic N) is 3. The first kappa shape index (κ1) is 69.1. The smallest absolute Gasteiger partial charge is 0.0555 e. The van der Waals surface area contributed by atoms with E-state index in [1.807, 2.05) is 28.7 Å². The number of thiophene rings is 2. The van der Waals surface area contributed by atoms with Crippen molar-refractivity contribution in [3.05, 3.63) is 259 Å². The predicted molar refractivity (Wildman–Crippen MR) is 435 cm³/mol. The van der Waals surface area contributed by atoms with Crippen LogP contribution in [0.5, 0.6) is 0 Å². The molecule has 0 spiro atoms. The molecule has 12 aromatic rings. The van der Waals surface area contributed by atoms with Gasteiger partial charge in [0.2, 0.25) is 0 Å². The van der Waals surface area contributed by atoms with Crippen molar-refractivity contribution in [2.75, 3.05) is 20.4 Å². The molecule has 98 heavy (non-hydrogen) atoms. The fraction of sp³-hybridized carbons (Fsp3) is 0.333. The van der Waals surface area contributed by atoms with E-state index in [0.29, 0.717) is 0 Å². The van der Waals surface area contributed by atoms with Gasteiger partial charge in [0.1, 0.15) is 0 Å². The van der Waals surface area contributed by atoms with Crippen LogP contribution in [0.3, 0.4) is 0 Å². The van der Waals surface area contributed by atoms with Gasteiger partial charge in [-0.05, 0) is 232 Å². The van der Waals surface area contributed by atoms with Crippen molar-refractivity contribution < 1.29 is 0 Å². The third kappa shape index (κ3) is 12.1. The zero-order valence-electron chi connectivity index (χ0n) is 60.6. The molecule has 4 atom stereocenters. The third-order valence-corrected chi connectivity index (χ3v) is 26.0. The summed E-state index contributed by atoms with van der Waals surface area (Å²) in [4.78, 5) is 7.87. The van der Waals surface area contributed by atoms with Gasteiger partial charge in [0.15, 0.2) is 0 Å². The van der Waals surface area contributed by atoms with E-state index in [2.05, 4.69) is 329 Å². The number of aryl methyl sites for hydroxylation is 6. The lowest BCUT2D eigenvalue weighted by Crippen LogP contribution is -2.54. The Balaban J connectivity index is 0.000000141. The van der Waals surface area contributed by atoms with Crippen LogP contribution in [0.2, 0.25) is 5.02 Å². The normalized spacial score (nSPS) is 20.2. The molecule has 2 aromatic heterocycles. The molecule has 2 fully saturated rings. The molecule has 0 radical (unpaired) electrons. The van der Waals surface area contributed by atoms with E-state index >= 15 is 0 Å². The first-order valence-corrected chi connectivity index (χ1v) is 38.3. The number of benzene rings is 10. The molecule has 16 rings (SSSR count). The maximum Gasteiger partial charge on any atom is 0.0555 e.